The van der Waals surface area contributed by atoms with Crippen molar-refractivity contribution in [2.45, 2.75) is 19.8 Å². The van der Waals surface area contributed by atoms with Crippen molar-refractivity contribution in [1.82, 2.24) is 4.98 Å². The number of hydrogen-bond donors (Lipinski definition) is 0. The highest BCUT2D eigenvalue weighted by molar-refractivity contribution is 6.32. The largest absolute Gasteiger partial charge is 0.492 e. The molecular weight excluding hydrogens is 342 g/mol. The molecule has 25 heavy (non-hydrogen) atoms. The lowest BCUT2D eigenvalue weighted by Crippen LogP contribution is -2.38. The molecule has 0 amide bonds. The van der Waals surface area contributed by atoms with Gasteiger partial charge in [-0.25, -0.2) is 4.98 Å². The number of hydrogen-bond acceptors (Lipinski definition) is 5. The van der Waals surface area contributed by atoms with Gasteiger partial charge in [0.05, 0.1) is 16.6 Å². The predicted octanol–water partition coefficient (Wildman–Crippen LogP) is 4.25. The maximum absolute atomic E-state index is 10.9. The van der Waals surface area contributed by atoms with Crippen molar-refractivity contribution in [3.63, 3.8) is 0 Å². The maximum Gasteiger partial charge on any atom is 0.290 e. The van der Waals surface area contributed by atoms with Gasteiger partial charge in [-0.1, -0.05) is 23.7 Å². The van der Waals surface area contributed by atoms with Crippen molar-refractivity contribution in [1.29, 1.82) is 0 Å². The van der Waals surface area contributed by atoms with E-state index in [4.69, 9.17) is 16.3 Å². The highest BCUT2D eigenvalue weighted by Gasteiger charge is 2.23. The van der Waals surface area contributed by atoms with Crippen molar-refractivity contribution >= 4 is 23.1 Å². The number of benzene rings is 1. The number of ether oxygens (including phenoxy) is 1. The highest BCUT2D eigenvalue weighted by Crippen LogP contribution is 2.28. The summed E-state index contributed by atoms with van der Waals surface area (Å²) in [6, 6.07) is 9.24. The maximum atomic E-state index is 10.9. The van der Waals surface area contributed by atoms with Crippen LogP contribution in [0.25, 0.3) is 0 Å². The molecule has 0 aliphatic carbocycles. The minimum Gasteiger partial charge on any atom is -0.492 e. The standard InChI is InChI=1S/C18H20ClN3O3/c1-13-9-18(20-10-16(13)22(23)24)21-8-4-5-14(11-21)12-25-17-7-3-2-6-15(17)19/h2-3,6-7,9-10,14H,4-5,8,11-12H2,1H3. The molecule has 1 saturated heterocycles. The number of aryl methyl sites for hydroxylation is 1. The molecule has 132 valence electrons. The van der Waals surface area contributed by atoms with E-state index < -0.39 is 4.92 Å². The molecule has 1 aromatic heterocycles. The number of pyridine rings is 1. The Bertz CT molecular complexity index is 769. The molecule has 7 heteroatoms. The number of para-hydroxylation sites is 1. The van der Waals surface area contributed by atoms with E-state index in [1.165, 1.54) is 6.20 Å². The van der Waals surface area contributed by atoms with Gasteiger partial charge in [-0.2, -0.15) is 0 Å². The summed E-state index contributed by atoms with van der Waals surface area (Å²) in [6.07, 6.45) is 3.45. The highest BCUT2D eigenvalue weighted by atomic mass is 35.5. The molecule has 1 aliphatic heterocycles. The van der Waals surface area contributed by atoms with Gasteiger partial charge in [-0.15, -0.1) is 0 Å². The number of nitrogens with zero attached hydrogens (tertiary/aromatic N) is 3. The lowest BCUT2D eigenvalue weighted by atomic mass is 9.99. The molecule has 1 unspecified atom stereocenters. The van der Waals surface area contributed by atoms with E-state index in [9.17, 15) is 10.1 Å². The van der Waals surface area contributed by atoms with Gasteiger partial charge >= 0.3 is 0 Å². The molecule has 0 radical (unpaired) electrons. The van der Waals surface area contributed by atoms with E-state index in [1.807, 2.05) is 24.3 Å². The SMILES string of the molecule is Cc1cc(N2CCCC(COc3ccccc3Cl)C2)ncc1[N+](=O)[O-]. The third kappa shape index (κ3) is 4.20. The van der Waals surface area contributed by atoms with Crippen LogP contribution in [-0.2, 0) is 0 Å². The van der Waals surface area contributed by atoms with Crippen LogP contribution in [0.4, 0.5) is 11.5 Å². The summed E-state index contributed by atoms with van der Waals surface area (Å²) in [7, 11) is 0. The van der Waals surface area contributed by atoms with Crippen LogP contribution in [0.15, 0.2) is 36.5 Å². The average Bonchev–Trinajstić information content (AvgIpc) is 2.61. The Morgan fingerprint density at radius 3 is 2.96 bits per heavy atom. The number of nitro groups is 1. The lowest BCUT2D eigenvalue weighted by molar-refractivity contribution is -0.385. The average molecular weight is 362 g/mol. The fourth-order valence-corrected chi connectivity index (χ4v) is 3.27. The van der Waals surface area contributed by atoms with Crippen LogP contribution in [0, 0.1) is 23.0 Å². The first-order valence-corrected chi connectivity index (χ1v) is 8.65. The van der Waals surface area contributed by atoms with Crippen LogP contribution in [-0.4, -0.2) is 29.6 Å². The number of anilines is 1. The molecule has 3 rings (SSSR count). The first-order chi connectivity index (χ1) is 12.0. The molecule has 2 heterocycles. The molecule has 0 spiro atoms. The van der Waals surface area contributed by atoms with Crippen molar-refractivity contribution < 1.29 is 9.66 Å². The van der Waals surface area contributed by atoms with E-state index in [0.29, 0.717) is 28.9 Å². The number of rotatable bonds is 5. The van der Waals surface area contributed by atoms with E-state index in [1.54, 1.807) is 13.0 Å². The number of halogens is 1. The normalized spacial score (nSPS) is 17.4. The van der Waals surface area contributed by atoms with E-state index in [-0.39, 0.29) is 5.69 Å². The molecular formula is C18H20ClN3O3. The molecule has 0 saturated carbocycles. The minimum atomic E-state index is -0.400. The molecule has 2 aromatic rings. The summed E-state index contributed by atoms with van der Waals surface area (Å²) in [5.41, 5.74) is 0.684. The third-order valence-corrected chi connectivity index (χ3v) is 4.73. The number of piperidine rings is 1. The topological polar surface area (TPSA) is 68.5 Å². The zero-order chi connectivity index (χ0) is 17.8. The zero-order valence-corrected chi connectivity index (χ0v) is 14.8. The Hall–Kier alpha value is -2.34. The summed E-state index contributed by atoms with van der Waals surface area (Å²) in [6.45, 7) is 4.04. The van der Waals surface area contributed by atoms with E-state index >= 15 is 0 Å². The Morgan fingerprint density at radius 1 is 1.44 bits per heavy atom. The van der Waals surface area contributed by atoms with Gasteiger partial charge in [0.15, 0.2) is 0 Å². The summed E-state index contributed by atoms with van der Waals surface area (Å²) in [5, 5.41) is 11.5. The molecule has 1 aromatic carbocycles. The first-order valence-electron chi connectivity index (χ1n) is 8.28. The van der Waals surface area contributed by atoms with Gasteiger partial charge in [-0.05, 0) is 38.0 Å². The summed E-state index contributed by atoms with van der Waals surface area (Å²) >= 11 is 6.12. The van der Waals surface area contributed by atoms with Gasteiger partial charge in [0.1, 0.15) is 17.8 Å². The third-order valence-electron chi connectivity index (χ3n) is 4.42. The first kappa shape index (κ1) is 17.5. The van der Waals surface area contributed by atoms with Crippen LogP contribution < -0.4 is 9.64 Å². The Balaban J connectivity index is 1.64. The van der Waals surface area contributed by atoms with Crippen molar-refractivity contribution in [2.75, 3.05) is 24.6 Å². The summed E-state index contributed by atoms with van der Waals surface area (Å²) in [4.78, 5) is 17.0. The number of aromatic nitrogens is 1. The van der Waals surface area contributed by atoms with Crippen LogP contribution >= 0.6 is 11.6 Å². The Morgan fingerprint density at radius 2 is 2.24 bits per heavy atom. The fraction of sp³-hybridized carbons (Fsp3) is 0.389. The molecule has 1 atom stereocenters. The molecule has 1 fully saturated rings. The van der Waals surface area contributed by atoms with Gasteiger partial charge in [-0.3, -0.25) is 10.1 Å². The molecule has 0 bridgehead atoms. The summed E-state index contributed by atoms with van der Waals surface area (Å²) < 4.78 is 5.87. The van der Waals surface area contributed by atoms with E-state index in [2.05, 4.69) is 9.88 Å². The summed E-state index contributed by atoms with van der Waals surface area (Å²) in [5.74, 6) is 1.85. The molecule has 6 nitrogen and oxygen atoms in total. The predicted molar refractivity (Wildman–Crippen MR) is 97.5 cm³/mol. The van der Waals surface area contributed by atoms with E-state index in [0.717, 1.165) is 31.7 Å². The van der Waals surface area contributed by atoms with Gasteiger partial charge in [0.25, 0.3) is 5.69 Å². The van der Waals surface area contributed by atoms with Gasteiger partial charge in [0.2, 0.25) is 0 Å². The van der Waals surface area contributed by atoms with Gasteiger partial charge < -0.3 is 9.64 Å². The van der Waals surface area contributed by atoms with Crippen molar-refractivity contribution in [3.05, 3.63) is 57.2 Å². The van der Waals surface area contributed by atoms with Crippen molar-refractivity contribution in [2.24, 2.45) is 5.92 Å². The molecule has 0 N–H and O–H groups in total. The smallest absolute Gasteiger partial charge is 0.290 e. The van der Waals surface area contributed by atoms with Crippen LogP contribution in [0.3, 0.4) is 0 Å². The fourth-order valence-electron chi connectivity index (χ4n) is 3.08. The zero-order valence-electron chi connectivity index (χ0n) is 14.0. The monoisotopic (exact) mass is 361 g/mol. The minimum absolute atomic E-state index is 0.0550. The second kappa shape index (κ2) is 7.70. The lowest BCUT2D eigenvalue weighted by Gasteiger charge is -2.33. The Kier molecular flexibility index (Phi) is 5.38. The molecule has 1 aliphatic rings. The van der Waals surface area contributed by atoms with Crippen LogP contribution in [0.5, 0.6) is 5.75 Å². The van der Waals surface area contributed by atoms with Crippen LogP contribution in [0.1, 0.15) is 18.4 Å². The second-order valence-electron chi connectivity index (χ2n) is 6.28. The Labute approximate surface area is 151 Å². The van der Waals surface area contributed by atoms with Crippen molar-refractivity contribution in [3.8, 4) is 5.75 Å². The second-order valence-corrected chi connectivity index (χ2v) is 6.69. The quantitative estimate of drug-likeness (QED) is 0.588. The van der Waals surface area contributed by atoms with Gasteiger partial charge in [0, 0.05) is 24.6 Å². The van der Waals surface area contributed by atoms with Crippen LogP contribution in [0.2, 0.25) is 5.02 Å².